The van der Waals surface area contributed by atoms with Crippen LogP contribution in [0, 0.1) is 0 Å². The summed E-state index contributed by atoms with van der Waals surface area (Å²) < 4.78 is 16.3. The van der Waals surface area contributed by atoms with Gasteiger partial charge < -0.3 is 19.5 Å². The number of rotatable bonds is 7. The van der Waals surface area contributed by atoms with Gasteiger partial charge in [0, 0.05) is 16.1 Å². The zero-order valence-corrected chi connectivity index (χ0v) is 18.1. The number of anilines is 2. The molecule has 0 radical (unpaired) electrons. The van der Waals surface area contributed by atoms with E-state index in [2.05, 4.69) is 5.32 Å². The quantitative estimate of drug-likeness (QED) is 0.537. The van der Waals surface area contributed by atoms with Gasteiger partial charge >= 0.3 is 6.09 Å². The number of carbonyl (C=O) groups is 2. The van der Waals surface area contributed by atoms with Gasteiger partial charge in [0.05, 0.1) is 25.0 Å². The lowest BCUT2D eigenvalue weighted by Gasteiger charge is -2.18. The number of benzene rings is 3. The van der Waals surface area contributed by atoms with E-state index in [9.17, 15) is 9.59 Å². The Balaban J connectivity index is 1.50. The molecular formula is C24H21ClN2O5. The fraction of sp³-hybridized carbons (Fsp3) is 0.167. The third-order valence-electron chi connectivity index (χ3n) is 4.97. The average molecular weight is 453 g/mol. The fourth-order valence-electron chi connectivity index (χ4n) is 3.32. The molecule has 8 heteroatoms. The number of hydrogen-bond acceptors (Lipinski definition) is 5. The molecular weight excluding hydrogens is 432 g/mol. The highest BCUT2D eigenvalue weighted by molar-refractivity contribution is 6.31. The first-order chi connectivity index (χ1) is 15.6. The maximum Gasteiger partial charge on any atom is 0.414 e. The van der Waals surface area contributed by atoms with Crippen LogP contribution >= 0.6 is 11.6 Å². The Morgan fingerprint density at radius 2 is 1.88 bits per heavy atom. The molecule has 32 heavy (non-hydrogen) atoms. The second-order valence-corrected chi connectivity index (χ2v) is 7.39. The van der Waals surface area contributed by atoms with E-state index in [0.717, 1.165) is 5.56 Å². The molecule has 1 fully saturated rings. The first kappa shape index (κ1) is 21.5. The van der Waals surface area contributed by atoms with Crippen LogP contribution in [0.4, 0.5) is 16.2 Å². The van der Waals surface area contributed by atoms with Gasteiger partial charge in [0.25, 0.3) is 5.91 Å². The molecule has 1 aliphatic heterocycles. The van der Waals surface area contributed by atoms with Crippen LogP contribution in [0.3, 0.4) is 0 Å². The molecule has 0 unspecified atom stereocenters. The van der Waals surface area contributed by atoms with Crippen molar-refractivity contribution >= 4 is 35.0 Å². The SMILES string of the molecule is COc1cc(C(=O)Nc2ccccc2N2CCOC2=O)ccc1OCc1ccccc1Cl. The molecule has 1 saturated heterocycles. The highest BCUT2D eigenvalue weighted by Gasteiger charge is 2.26. The number of carbonyl (C=O) groups excluding carboxylic acids is 2. The summed E-state index contributed by atoms with van der Waals surface area (Å²) in [7, 11) is 1.51. The van der Waals surface area contributed by atoms with E-state index in [1.807, 2.05) is 18.2 Å². The second-order valence-electron chi connectivity index (χ2n) is 6.98. The number of amides is 2. The molecule has 0 bridgehead atoms. The molecule has 2 amide bonds. The maximum atomic E-state index is 12.9. The van der Waals surface area contributed by atoms with E-state index < -0.39 is 6.09 Å². The lowest BCUT2D eigenvalue weighted by atomic mass is 10.1. The average Bonchev–Trinajstić information content (AvgIpc) is 3.24. The monoisotopic (exact) mass is 452 g/mol. The van der Waals surface area contributed by atoms with Crippen molar-refractivity contribution < 1.29 is 23.8 Å². The van der Waals surface area contributed by atoms with Crippen LogP contribution < -0.4 is 19.7 Å². The molecule has 164 valence electrons. The molecule has 1 aliphatic rings. The minimum atomic E-state index is -0.437. The molecule has 4 rings (SSSR count). The van der Waals surface area contributed by atoms with Crippen LogP contribution in [0.25, 0.3) is 0 Å². The fourth-order valence-corrected chi connectivity index (χ4v) is 3.51. The number of nitrogens with one attached hydrogen (secondary N) is 1. The van der Waals surface area contributed by atoms with Gasteiger partial charge in [-0.3, -0.25) is 9.69 Å². The summed E-state index contributed by atoms with van der Waals surface area (Å²) in [4.78, 5) is 26.3. The van der Waals surface area contributed by atoms with Crippen LogP contribution in [-0.4, -0.2) is 32.3 Å². The minimum absolute atomic E-state index is 0.265. The van der Waals surface area contributed by atoms with Crippen molar-refractivity contribution in [3.63, 3.8) is 0 Å². The highest BCUT2D eigenvalue weighted by atomic mass is 35.5. The normalized spacial score (nSPS) is 12.9. The summed E-state index contributed by atoms with van der Waals surface area (Å²) >= 11 is 6.18. The third kappa shape index (κ3) is 4.63. The number of para-hydroxylation sites is 2. The van der Waals surface area contributed by atoms with E-state index in [1.165, 1.54) is 12.0 Å². The Morgan fingerprint density at radius 3 is 2.62 bits per heavy atom. The first-order valence-corrected chi connectivity index (χ1v) is 10.3. The zero-order chi connectivity index (χ0) is 22.5. The van der Waals surface area contributed by atoms with Crippen molar-refractivity contribution in [1.29, 1.82) is 0 Å². The smallest absolute Gasteiger partial charge is 0.414 e. The van der Waals surface area contributed by atoms with Gasteiger partial charge in [-0.05, 0) is 36.4 Å². The van der Waals surface area contributed by atoms with Crippen LogP contribution in [0.1, 0.15) is 15.9 Å². The molecule has 3 aromatic rings. The highest BCUT2D eigenvalue weighted by Crippen LogP contribution is 2.31. The zero-order valence-electron chi connectivity index (χ0n) is 17.3. The Hall–Kier alpha value is -3.71. The molecule has 0 atom stereocenters. The molecule has 0 aromatic heterocycles. The van der Waals surface area contributed by atoms with Crippen molar-refractivity contribution in [2.45, 2.75) is 6.61 Å². The number of ether oxygens (including phenoxy) is 3. The summed E-state index contributed by atoms with van der Waals surface area (Å²) in [6.07, 6.45) is -0.437. The van der Waals surface area contributed by atoms with E-state index in [1.54, 1.807) is 48.5 Å². The second kappa shape index (κ2) is 9.62. The predicted molar refractivity (Wildman–Crippen MR) is 122 cm³/mol. The lowest BCUT2D eigenvalue weighted by molar-refractivity contribution is 0.102. The third-order valence-corrected chi connectivity index (χ3v) is 5.34. The van der Waals surface area contributed by atoms with Gasteiger partial charge in [0.15, 0.2) is 11.5 Å². The Morgan fingerprint density at radius 1 is 1.09 bits per heavy atom. The Bertz CT molecular complexity index is 1150. The van der Waals surface area contributed by atoms with Gasteiger partial charge in [-0.1, -0.05) is 41.9 Å². The summed E-state index contributed by atoms with van der Waals surface area (Å²) in [6, 6.07) is 19.4. The van der Waals surface area contributed by atoms with Crippen LogP contribution in [-0.2, 0) is 11.3 Å². The molecule has 1 N–H and O–H groups in total. The topological polar surface area (TPSA) is 77.1 Å². The van der Waals surface area contributed by atoms with E-state index in [4.69, 9.17) is 25.8 Å². The summed E-state index contributed by atoms with van der Waals surface area (Å²) in [5.41, 5.74) is 2.31. The molecule has 7 nitrogen and oxygen atoms in total. The van der Waals surface area contributed by atoms with Crippen molar-refractivity contribution in [3.8, 4) is 11.5 Å². The van der Waals surface area contributed by atoms with Gasteiger partial charge in [-0.25, -0.2) is 4.79 Å². The van der Waals surface area contributed by atoms with E-state index in [0.29, 0.717) is 46.6 Å². The van der Waals surface area contributed by atoms with Crippen molar-refractivity contribution in [1.82, 2.24) is 0 Å². The van der Waals surface area contributed by atoms with Crippen LogP contribution in [0.5, 0.6) is 11.5 Å². The van der Waals surface area contributed by atoms with Gasteiger partial charge in [0.2, 0.25) is 0 Å². The van der Waals surface area contributed by atoms with Crippen molar-refractivity contribution in [2.75, 3.05) is 30.5 Å². The summed E-state index contributed by atoms with van der Waals surface area (Å²) in [5.74, 6) is 0.561. The number of halogens is 1. The molecule has 0 spiro atoms. The van der Waals surface area contributed by atoms with Crippen molar-refractivity contribution in [3.05, 3.63) is 82.9 Å². The first-order valence-electron chi connectivity index (χ1n) is 9.95. The summed E-state index contributed by atoms with van der Waals surface area (Å²) in [6.45, 7) is 1.01. The number of cyclic esters (lactones) is 1. The summed E-state index contributed by atoms with van der Waals surface area (Å²) in [5, 5.41) is 3.47. The lowest BCUT2D eigenvalue weighted by Crippen LogP contribution is -2.25. The molecule has 0 aliphatic carbocycles. The molecule has 3 aromatic carbocycles. The number of nitrogens with zero attached hydrogens (tertiary/aromatic N) is 1. The molecule has 0 saturated carbocycles. The van der Waals surface area contributed by atoms with Gasteiger partial charge in [-0.2, -0.15) is 0 Å². The van der Waals surface area contributed by atoms with Crippen molar-refractivity contribution in [2.24, 2.45) is 0 Å². The minimum Gasteiger partial charge on any atom is -0.493 e. The number of methoxy groups -OCH3 is 1. The predicted octanol–water partition coefficient (Wildman–Crippen LogP) is 5.14. The van der Waals surface area contributed by atoms with E-state index in [-0.39, 0.29) is 12.5 Å². The van der Waals surface area contributed by atoms with Gasteiger partial charge in [0.1, 0.15) is 13.2 Å². The number of hydrogen-bond donors (Lipinski definition) is 1. The van der Waals surface area contributed by atoms with Crippen LogP contribution in [0.2, 0.25) is 5.02 Å². The standard InChI is InChI=1S/C24H21ClN2O5/c1-30-22-14-16(10-11-21(22)32-15-17-6-2-3-7-18(17)25)23(28)26-19-8-4-5-9-20(19)27-12-13-31-24(27)29/h2-11,14H,12-13,15H2,1H3,(H,26,28). The molecule has 1 heterocycles. The van der Waals surface area contributed by atoms with Crippen LogP contribution in [0.15, 0.2) is 66.7 Å². The largest absolute Gasteiger partial charge is 0.493 e. The van der Waals surface area contributed by atoms with E-state index >= 15 is 0 Å². The maximum absolute atomic E-state index is 12.9. The Kier molecular flexibility index (Phi) is 6.47. The Labute approximate surface area is 190 Å². The van der Waals surface area contributed by atoms with Gasteiger partial charge in [-0.15, -0.1) is 0 Å².